The maximum absolute atomic E-state index is 13.4. The van der Waals surface area contributed by atoms with Gasteiger partial charge in [-0.1, -0.05) is 47.1 Å². The molecule has 1 amide bonds. The second-order valence-electron chi connectivity index (χ2n) is 7.51. The maximum atomic E-state index is 13.4. The van der Waals surface area contributed by atoms with Crippen molar-refractivity contribution in [2.45, 2.75) is 6.54 Å². The molecule has 1 fully saturated rings. The molecule has 2 aromatic carbocycles. The smallest absolute Gasteiger partial charge is 0.254 e. The number of hydrogen-bond donors (Lipinski definition) is 0. The van der Waals surface area contributed by atoms with Gasteiger partial charge in [-0.15, -0.1) is 0 Å². The van der Waals surface area contributed by atoms with E-state index in [4.69, 9.17) is 25.6 Å². The first kappa shape index (κ1) is 22.3. The second-order valence-corrected chi connectivity index (χ2v) is 7.94. The van der Waals surface area contributed by atoms with Crippen LogP contribution in [0, 0.1) is 0 Å². The van der Waals surface area contributed by atoms with Gasteiger partial charge in [0, 0.05) is 42.9 Å². The first-order valence-corrected chi connectivity index (χ1v) is 11.0. The predicted molar refractivity (Wildman–Crippen MR) is 123 cm³/mol. The molecule has 32 heavy (non-hydrogen) atoms. The van der Waals surface area contributed by atoms with E-state index in [9.17, 15) is 4.79 Å². The summed E-state index contributed by atoms with van der Waals surface area (Å²) in [7, 11) is 1.62. The van der Waals surface area contributed by atoms with Gasteiger partial charge in [0.15, 0.2) is 0 Å². The summed E-state index contributed by atoms with van der Waals surface area (Å²) in [5, 5.41) is 4.98. The lowest BCUT2D eigenvalue weighted by Crippen LogP contribution is -2.38. The molecule has 0 unspecified atom stereocenters. The highest BCUT2D eigenvalue weighted by Crippen LogP contribution is 2.33. The summed E-state index contributed by atoms with van der Waals surface area (Å²) >= 11 is 6.01. The topological polar surface area (TPSA) is 68.0 Å². The zero-order valence-corrected chi connectivity index (χ0v) is 18.8. The molecule has 4 rings (SSSR count). The SMILES string of the molecule is COCCN(Cc1c(-c2ccccc2)noc1N1CCOCC1)C(=O)c1ccc(Cl)cc1. The number of carbonyl (C=O) groups excluding carboxylic acids is 1. The fraction of sp³-hybridized carbons (Fsp3) is 0.333. The average Bonchev–Trinajstić information content (AvgIpc) is 3.26. The summed E-state index contributed by atoms with van der Waals surface area (Å²) in [5.41, 5.74) is 3.11. The normalized spacial score (nSPS) is 13.9. The first-order chi connectivity index (χ1) is 15.7. The van der Waals surface area contributed by atoms with Crippen LogP contribution < -0.4 is 4.90 Å². The van der Waals surface area contributed by atoms with Gasteiger partial charge in [0.25, 0.3) is 5.91 Å². The van der Waals surface area contributed by atoms with Crippen LogP contribution in [0.1, 0.15) is 15.9 Å². The summed E-state index contributed by atoms with van der Waals surface area (Å²) in [6, 6.07) is 16.8. The van der Waals surface area contributed by atoms with Crippen molar-refractivity contribution in [1.82, 2.24) is 10.1 Å². The van der Waals surface area contributed by atoms with Crippen molar-refractivity contribution in [2.24, 2.45) is 0 Å². The molecule has 0 N–H and O–H groups in total. The van der Waals surface area contributed by atoms with E-state index in [-0.39, 0.29) is 5.91 Å². The minimum absolute atomic E-state index is 0.105. The van der Waals surface area contributed by atoms with Crippen molar-refractivity contribution in [1.29, 1.82) is 0 Å². The Morgan fingerprint density at radius 2 is 1.84 bits per heavy atom. The molecule has 0 saturated carbocycles. The maximum Gasteiger partial charge on any atom is 0.254 e. The molecule has 1 saturated heterocycles. The number of nitrogens with zero attached hydrogens (tertiary/aromatic N) is 3. The van der Waals surface area contributed by atoms with Gasteiger partial charge in [-0.2, -0.15) is 0 Å². The number of carbonyl (C=O) groups is 1. The number of morpholine rings is 1. The molecule has 0 atom stereocenters. The van der Waals surface area contributed by atoms with Crippen molar-refractivity contribution in [2.75, 3.05) is 51.5 Å². The molecule has 1 aromatic heterocycles. The predicted octanol–water partition coefficient (Wildman–Crippen LogP) is 4.12. The third-order valence-corrected chi connectivity index (χ3v) is 5.66. The zero-order chi connectivity index (χ0) is 22.3. The summed E-state index contributed by atoms with van der Waals surface area (Å²) in [5.74, 6) is 0.574. The van der Waals surface area contributed by atoms with E-state index in [2.05, 4.69) is 10.1 Å². The highest BCUT2D eigenvalue weighted by molar-refractivity contribution is 6.30. The third kappa shape index (κ3) is 5.12. The van der Waals surface area contributed by atoms with Crippen LogP contribution in [0.5, 0.6) is 0 Å². The molecule has 1 aliphatic rings. The fourth-order valence-electron chi connectivity index (χ4n) is 3.70. The van der Waals surface area contributed by atoms with Gasteiger partial charge in [0.2, 0.25) is 5.88 Å². The lowest BCUT2D eigenvalue weighted by Gasteiger charge is -2.28. The van der Waals surface area contributed by atoms with E-state index in [1.54, 1.807) is 36.3 Å². The number of ether oxygens (including phenoxy) is 2. The summed E-state index contributed by atoms with van der Waals surface area (Å²) < 4.78 is 16.6. The number of anilines is 1. The van der Waals surface area contributed by atoms with E-state index < -0.39 is 0 Å². The Balaban J connectivity index is 1.70. The van der Waals surface area contributed by atoms with E-state index >= 15 is 0 Å². The highest BCUT2D eigenvalue weighted by Gasteiger charge is 2.27. The molecular formula is C24H26ClN3O4. The quantitative estimate of drug-likeness (QED) is 0.509. The largest absolute Gasteiger partial charge is 0.383 e. The molecule has 0 aliphatic carbocycles. The van der Waals surface area contributed by atoms with Gasteiger partial charge in [0.1, 0.15) is 5.69 Å². The molecule has 8 heteroatoms. The molecule has 2 heterocycles. The first-order valence-electron chi connectivity index (χ1n) is 10.6. The number of benzene rings is 2. The molecule has 7 nitrogen and oxygen atoms in total. The van der Waals surface area contributed by atoms with Gasteiger partial charge in [-0.25, -0.2) is 0 Å². The summed E-state index contributed by atoms with van der Waals surface area (Å²) in [4.78, 5) is 17.3. The molecular weight excluding hydrogens is 430 g/mol. The minimum atomic E-state index is -0.105. The van der Waals surface area contributed by atoms with Crippen molar-refractivity contribution in [3.05, 3.63) is 70.7 Å². The number of hydrogen-bond acceptors (Lipinski definition) is 6. The van der Waals surface area contributed by atoms with Gasteiger partial charge in [0.05, 0.1) is 31.9 Å². The van der Waals surface area contributed by atoms with E-state index in [1.807, 2.05) is 30.3 Å². The van der Waals surface area contributed by atoms with Crippen molar-refractivity contribution < 1.29 is 18.8 Å². The highest BCUT2D eigenvalue weighted by atomic mass is 35.5. The van der Waals surface area contributed by atoms with Gasteiger partial charge in [-0.05, 0) is 24.3 Å². The molecule has 0 bridgehead atoms. The summed E-state index contributed by atoms with van der Waals surface area (Å²) in [6.45, 7) is 3.85. The Kier molecular flexibility index (Phi) is 7.42. The molecule has 168 valence electrons. The van der Waals surface area contributed by atoms with Crippen LogP contribution in [0.3, 0.4) is 0 Å². The van der Waals surface area contributed by atoms with Crippen LogP contribution in [-0.4, -0.2) is 62.5 Å². The van der Waals surface area contributed by atoms with Crippen LogP contribution in [0.25, 0.3) is 11.3 Å². The number of amides is 1. The number of methoxy groups -OCH3 is 1. The van der Waals surface area contributed by atoms with E-state index in [0.717, 1.165) is 16.8 Å². The molecule has 0 radical (unpaired) electrons. The van der Waals surface area contributed by atoms with Crippen molar-refractivity contribution in [3.8, 4) is 11.3 Å². The van der Waals surface area contributed by atoms with E-state index in [1.165, 1.54) is 0 Å². The van der Waals surface area contributed by atoms with Gasteiger partial charge < -0.3 is 23.8 Å². The second kappa shape index (κ2) is 10.6. The lowest BCUT2D eigenvalue weighted by molar-refractivity contribution is 0.0680. The Morgan fingerprint density at radius 3 is 2.53 bits per heavy atom. The molecule has 3 aromatic rings. The van der Waals surface area contributed by atoms with Crippen molar-refractivity contribution >= 4 is 23.4 Å². The monoisotopic (exact) mass is 455 g/mol. The Bertz CT molecular complexity index is 1020. The Morgan fingerprint density at radius 1 is 1.12 bits per heavy atom. The van der Waals surface area contributed by atoms with E-state index in [0.29, 0.717) is 62.5 Å². The fourth-order valence-corrected chi connectivity index (χ4v) is 3.83. The number of rotatable bonds is 8. The Hall–Kier alpha value is -2.87. The number of halogens is 1. The van der Waals surface area contributed by atoms with Gasteiger partial charge in [-0.3, -0.25) is 4.79 Å². The standard InChI is InChI=1S/C24H26ClN3O4/c1-30-14-11-28(23(29)19-7-9-20(25)10-8-19)17-21-22(18-5-3-2-4-6-18)26-32-24(21)27-12-15-31-16-13-27/h2-10H,11-17H2,1H3. The Labute approximate surface area is 192 Å². The molecule has 1 aliphatic heterocycles. The average molecular weight is 456 g/mol. The zero-order valence-electron chi connectivity index (χ0n) is 18.0. The number of aromatic nitrogens is 1. The molecule has 0 spiro atoms. The van der Waals surface area contributed by atoms with Crippen LogP contribution in [0.2, 0.25) is 5.02 Å². The van der Waals surface area contributed by atoms with Crippen LogP contribution >= 0.6 is 11.6 Å². The van der Waals surface area contributed by atoms with Crippen molar-refractivity contribution in [3.63, 3.8) is 0 Å². The van der Waals surface area contributed by atoms with Crippen LogP contribution in [-0.2, 0) is 16.0 Å². The van der Waals surface area contributed by atoms with Gasteiger partial charge >= 0.3 is 0 Å². The lowest BCUT2D eigenvalue weighted by atomic mass is 10.1. The van der Waals surface area contributed by atoms with Crippen LogP contribution in [0.4, 0.5) is 5.88 Å². The third-order valence-electron chi connectivity index (χ3n) is 5.41. The van der Waals surface area contributed by atoms with Crippen LogP contribution in [0.15, 0.2) is 59.1 Å². The minimum Gasteiger partial charge on any atom is -0.383 e. The summed E-state index contributed by atoms with van der Waals surface area (Å²) in [6.07, 6.45) is 0.